The maximum absolute atomic E-state index is 9.32. The number of fused-ring (bicyclic) bond motifs is 1. The smallest absolute Gasteiger partial charge is 0.133 e. The van der Waals surface area contributed by atoms with Gasteiger partial charge in [-0.25, -0.2) is 0 Å². The molecule has 0 spiro atoms. The SMILES string of the molecule is CC1=C(c2ccc(O)cc2)Oc2ccccc2C1. The van der Waals surface area contributed by atoms with Crippen molar-refractivity contribution < 1.29 is 9.84 Å². The average Bonchev–Trinajstić information content (AvgIpc) is 2.39. The monoisotopic (exact) mass is 238 g/mol. The molecule has 1 aliphatic heterocycles. The molecule has 1 aliphatic rings. The summed E-state index contributed by atoms with van der Waals surface area (Å²) in [7, 11) is 0. The Hall–Kier alpha value is -2.22. The van der Waals surface area contributed by atoms with Crippen molar-refractivity contribution in [1.82, 2.24) is 0 Å². The van der Waals surface area contributed by atoms with Gasteiger partial charge in [-0.05, 0) is 48.4 Å². The predicted octanol–water partition coefficient (Wildman–Crippen LogP) is 3.76. The number of para-hydroxylation sites is 1. The molecule has 2 heteroatoms. The number of phenols is 1. The van der Waals surface area contributed by atoms with E-state index in [0.717, 1.165) is 23.5 Å². The number of ether oxygens (including phenoxy) is 1. The first-order valence-electron chi connectivity index (χ1n) is 5.99. The summed E-state index contributed by atoms with van der Waals surface area (Å²) in [5.41, 5.74) is 3.43. The molecule has 0 aromatic heterocycles. The minimum Gasteiger partial charge on any atom is -0.508 e. The molecular formula is C16H14O2. The molecule has 0 saturated heterocycles. The van der Waals surface area contributed by atoms with E-state index in [9.17, 15) is 5.11 Å². The molecule has 1 N–H and O–H groups in total. The molecule has 0 unspecified atom stereocenters. The van der Waals surface area contributed by atoms with Crippen LogP contribution in [0.25, 0.3) is 5.76 Å². The van der Waals surface area contributed by atoms with Crippen molar-refractivity contribution in [3.63, 3.8) is 0 Å². The van der Waals surface area contributed by atoms with E-state index >= 15 is 0 Å². The number of hydrogen-bond acceptors (Lipinski definition) is 2. The van der Waals surface area contributed by atoms with Gasteiger partial charge in [-0.2, -0.15) is 0 Å². The molecule has 2 aromatic rings. The lowest BCUT2D eigenvalue weighted by atomic mass is 9.99. The number of phenolic OH excluding ortho intramolecular Hbond substituents is 1. The van der Waals surface area contributed by atoms with Gasteiger partial charge in [0.05, 0.1) is 0 Å². The van der Waals surface area contributed by atoms with Crippen LogP contribution in [0.5, 0.6) is 11.5 Å². The fourth-order valence-electron chi connectivity index (χ4n) is 2.23. The Kier molecular flexibility index (Phi) is 2.56. The summed E-state index contributed by atoms with van der Waals surface area (Å²) in [6.07, 6.45) is 0.909. The minimum absolute atomic E-state index is 0.271. The maximum atomic E-state index is 9.32. The summed E-state index contributed by atoms with van der Waals surface area (Å²) < 4.78 is 5.97. The van der Waals surface area contributed by atoms with E-state index in [0.29, 0.717) is 0 Å². The molecule has 3 rings (SSSR count). The van der Waals surface area contributed by atoms with E-state index in [4.69, 9.17) is 4.74 Å². The number of aromatic hydroxyl groups is 1. The van der Waals surface area contributed by atoms with Crippen LogP contribution in [0.15, 0.2) is 54.1 Å². The Labute approximate surface area is 106 Å². The van der Waals surface area contributed by atoms with Crippen LogP contribution in [0.4, 0.5) is 0 Å². The van der Waals surface area contributed by atoms with E-state index in [-0.39, 0.29) is 5.75 Å². The first-order chi connectivity index (χ1) is 8.74. The van der Waals surface area contributed by atoms with Gasteiger partial charge in [-0.15, -0.1) is 0 Å². The summed E-state index contributed by atoms with van der Waals surface area (Å²) in [6, 6.07) is 15.2. The molecule has 2 aromatic carbocycles. The molecule has 0 bridgehead atoms. The van der Waals surface area contributed by atoms with Crippen LogP contribution in [0, 0.1) is 0 Å². The molecular weight excluding hydrogens is 224 g/mol. The highest BCUT2D eigenvalue weighted by atomic mass is 16.5. The van der Waals surface area contributed by atoms with Crippen LogP contribution in [0.3, 0.4) is 0 Å². The van der Waals surface area contributed by atoms with Gasteiger partial charge in [0, 0.05) is 12.0 Å². The number of rotatable bonds is 1. The normalized spacial score (nSPS) is 14.1. The van der Waals surface area contributed by atoms with Crippen molar-refractivity contribution in [2.75, 3.05) is 0 Å². The predicted molar refractivity (Wildman–Crippen MR) is 71.5 cm³/mol. The Morgan fingerprint density at radius 2 is 1.72 bits per heavy atom. The van der Waals surface area contributed by atoms with Gasteiger partial charge in [0.2, 0.25) is 0 Å². The highest BCUT2D eigenvalue weighted by Gasteiger charge is 2.17. The van der Waals surface area contributed by atoms with Gasteiger partial charge in [-0.1, -0.05) is 18.2 Å². The van der Waals surface area contributed by atoms with Crippen LogP contribution in [0.1, 0.15) is 18.1 Å². The third-order valence-corrected chi connectivity index (χ3v) is 3.16. The zero-order valence-corrected chi connectivity index (χ0v) is 10.2. The van der Waals surface area contributed by atoms with Crippen LogP contribution in [0.2, 0.25) is 0 Å². The van der Waals surface area contributed by atoms with Crippen molar-refractivity contribution in [3.05, 3.63) is 65.2 Å². The second-order valence-electron chi connectivity index (χ2n) is 4.54. The van der Waals surface area contributed by atoms with Gasteiger partial charge >= 0.3 is 0 Å². The maximum Gasteiger partial charge on any atom is 0.133 e. The average molecular weight is 238 g/mol. The topological polar surface area (TPSA) is 29.5 Å². The number of benzene rings is 2. The third-order valence-electron chi connectivity index (χ3n) is 3.16. The van der Waals surface area contributed by atoms with E-state index in [2.05, 4.69) is 13.0 Å². The molecule has 0 radical (unpaired) electrons. The summed E-state index contributed by atoms with van der Waals surface area (Å²) in [6.45, 7) is 2.08. The molecule has 90 valence electrons. The highest BCUT2D eigenvalue weighted by molar-refractivity contribution is 5.68. The lowest BCUT2D eigenvalue weighted by molar-refractivity contribution is 0.474. The summed E-state index contributed by atoms with van der Waals surface area (Å²) in [5, 5.41) is 9.32. The van der Waals surface area contributed by atoms with Crippen molar-refractivity contribution in [1.29, 1.82) is 0 Å². The molecule has 18 heavy (non-hydrogen) atoms. The van der Waals surface area contributed by atoms with Crippen LogP contribution >= 0.6 is 0 Å². The minimum atomic E-state index is 0.271. The van der Waals surface area contributed by atoms with Crippen LogP contribution in [-0.2, 0) is 6.42 Å². The second-order valence-corrected chi connectivity index (χ2v) is 4.54. The number of allylic oxidation sites excluding steroid dienone is 1. The molecule has 0 aliphatic carbocycles. The van der Waals surface area contributed by atoms with E-state index in [1.165, 1.54) is 11.1 Å². The summed E-state index contributed by atoms with van der Waals surface area (Å²) in [4.78, 5) is 0. The zero-order chi connectivity index (χ0) is 12.5. The Morgan fingerprint density at radius 3 is 2.50 bits per heavy atom. The standard InChI is InChI=1S/C16H14O2/c1-11-10-13-4-2-3-5-15(13)18-16(11)12-6-8-14(17)9-7-12/h2-9,17H,10H2,1H3. The van der Waals surface area contributed by atoms with Gasteiger partial charge in [-0.3, -0.25) is 0 Å². The van der Waals surface area contributed by atoms with Crippen molar-refractivity contribution in [2.24, 2.45) is 0 Å². The first kappa shape index (κ1) is 10.9. The van der Waals surface area contributed by atoms with Crippen molar-refractivity contribution >= 4 is 5.76 Å². The van der Waals surface area contributed by atoms with E-state index < -0.39 is 0 Å². The summed E-state index contributed by atoms with van der Waals surface area (Å²) in [5.74, 6) is 2.09. The van der Waals surface area contributed by atoms with Crippen LogP contribution < -0.4 is 4.74 Å². The number of hydrogen-bond donors (Lipinski definition) is 1. The molecule has 1 heterocycles. The van der Waals surface area contributed by atoms with Crippen LogP contribution in [-0.4, -0.2) is 5.11 Å². The van der Waals surface area contributed by atoms with Gasteiger partial charge in [0.1, 0.15) is 17.3 Å². The fraction of sp³-hybridized carbons (Fsp3) is 0.125. The van der Waals surface area contributed by atoms with Crippen molar-refractivity contribution in [3.8, 4) is 11.5 Å². The largest absolute Gasteiger partial charge is 0.508 e. The fourth-order valence-corrected chi connectivity index (χ4v) is 2.23. The van der Waals surface area contributed by atoms with E-state index in [1.807, 2.05) is 30.3 Å². The highest BCUT2D eigenvalue weighted by Crippen LogP contribution is 2.34. The lowest BCUT2D eigenvalue weighted by Gasteiger charge is -2.22. The Bertz CT molecular complexity index is 609. The van der Waals surface area contributed by atoms with Crippen molar-refractivity contribution in [2.45, 2.75) is 13.3 Å². The summed E-state index contributed by atoms with van der Waals surface area (Å²) >= 11 is 0. The molecule has 0 atom stereocenters. The molecule has 2 nitrogen and oxygen atoms in total. The second kappa shape index (κ2) is 4.22. The van der Waals surface area contributed by atoms with E-state index in [1.54, 1.807) is 12.1 Å². The third kappa shape index (κ3) is 1.86. The quantitative estimate of drug-likeness (QED) is 0.819. The lowest BCUT2D eigenvalue weighted by Crippen LogP contribution is -2.07. The van der Waals surface area contributed by atoms with Gasteiger partial charge in [0.15, 0.2) is 0 Å². The van der Waals surface area contributed by atoms with Gasteiger partial charge in [0.25, 0.3) is 0 Å². The zero-order valence-electron chi connectivity index (χ0n) is 10.2. The Morgan fingerprint density at radius 1 is 1.00 bits per heavy atom. The molecule has 0 fully saturated rings. The first-order valence-corrected chi connectivity index (χ1v) is 5.99. The van der Waals surface area contributed by atoms with Gasteiger partial charge < -0.3 is 9.84 Å². The Balaban J connectivity index is 2.01. The molecule has 0 saturated carbocycles. The molecule has 0 amide bonds.